The average molecular weight is 389 g/mol. The minimum absolute atomic E-state index is 0.0161. The first-order valence-corrected chi connectivity index (χ1v) is 9.76. The molecule has 0 bridgehead atoms. The Morgan fingerprint density at radius 1 is 1.18 bits per heavy atom. The molecule has 28 heavy (non-hydrogen) atoms. The molecule has 0 fully saturated rings. The fourth-order valence-electron chi connectivity index (χ4n) is 2.71. The van der Waals surface area contributed by atoms with Crippen molar-refractivity contribution in [3.05, 3.63) is 35.5 Å². The fraction of sp³-hybridized carbons (Fsp3) is 0.571. The van der Waals surface area contributed by atoms with Gasteiger partial charge in [0.2, 0.25) is 11.8 Å². The van der Waals surface area contributed by atoms with E-state index in [-0.39, 0.29) is 24.0 Å². The Bertz CT molecular complexity index is 771. The summed E-state index contributed by atoms with van der Waals surface area (Å²) in [4.78, 5) is 16.6. The average Bonchev–Trinajstić information content (AvgIpc) is 3.10. The van der Waals surface area contributed by atoms with Crippen LogP contribution in [0, 0.1) is 0 Å². The number of carbonyl (C=O) groups is 1. The Morgan fingerprint density at radius 2 is 1.93 bits per heavy atom. The van der Waals surface area contributed by atoms with Crippen molar-refractivity contribution in [1.82, 2.24) is 15.5 Å². The van der Waals surface area contributed by atoms with Gasteiger partial charge in [0.1, 0.15) is 0 Å². The fourth-order valence-corrected chi connectivity index (χ4v) is 2.71. The molecule has 0 saturated heterocycles. The lowest BCUT2D eigenvalue weighted by Gasteiger charge is -2.18. The lowest BCUT2D eigenvalue weighted by atomic mass is 10.1. The first-order chi connectivity index (χ1) is 13.3. The molecule has 2 aromatic rings. The van der Waals surface area contributed by atoms with Crippen molar-refractivity contribution in [2.45, 2.75) is 71.9 Å². The van der Waals surface area contributed by atoms with Crippen molar-refractivity contribution in [1.29, 1.82) is 0 Å². The number of benzene rings is 1. The van der Waals surface area contributed by atoms with Gasteiger partial charge in [0.15, 0.2) is 17.3 Å². The van der Waals surface area contributed by atoms with Crippen LogP contribution in [-0.4, -0.2) is 29.3 Å². The van der Waals surface area contributed by atoms with E-state index < -0.39 is 0 Å². The number of aromatic nitrogens is 2. The number of ether oxygens (including phenoxy) is 2. The summed E-state index contributed by atoms with van der Waals surface area (Å²) >= 11 is 0. The van der Waals surface area contributed by atoms with E-state index in [9.17, 15) is 4.79 Å². The van der Waals surface area contributed by atoms with Crippen molar-refractivity contribution in [2.75, 3.05) is 7.11 Å². The topological polar surface area (TPSA) is 86.5 Å². The van der Waals surface area contributed by atoms with Gasteiger partial charge in [-0.1, -0.05) is 25.1 Å². The van der Waals surface area contributed by atoms with Gasteiger partial charge in [-0.25, -0.2) is 0 Å². The van der Waals surface area contributed by atoms with Gasteiger partial charge in [-0.3, -0.25) is 4.79 Å². The zero-order valence-electron chi connectivity index (χ0n) is 17.6. The zero-order valence-corrected chi connectivity index (χ0v) is 17.6. The van der Waals surface area contributed by atoms with Gasteiger partial charge in [-0.15, -0.1) is 0 Å². The molecule has 0 aliphatic rings. The summed E-state index contributed by atoms with van der Waals surface area (Å²) in [5.41, 5.74) is 0.958. The second-order valence-electron chi connectivity index (χ2n) is 7.42. The normalized spacial score (nSPS) is 12.3. The summed E-state index contributed by atoms with van der Waals surface area (Å²) in [5, 5.41) is 6.95. The Labute approximate surface area is 166 Å². The maximum absolute atomic E-state index is 12.3. The summed E-state index contributed by atoms with van der Waals surface area (Å²) < 4.78 is 16.3. The highest BCUT2D eigenvalue weighted by molar-refractivity contribution is 5.76. The maximum Gasteiger partial charge on any atom is 0.226 e. The van der Waals surface area contributed by atoms with E-state index in [1.807, 2.05) is 52.8 Å². The molecule has 154 valence electrons. The highest BCUT2D eigenvalue weighted by atomic mass is 16.5. The van der Waals surface area contributed by atoms with Gasteiger partial charge < -0.3 is 19.3 Å². The SMILES string of the molecule is COc1cc(C(C)NC(=O)CCCc2nc(C(C)C)no2)ccc1OC(C)C. The molecule has 0 radical (unpaired) electrons. The van der Waals surface area contributed by atoms with E-state index in [4.69, 9.17) is 14.0 Å². The molecule has 0 aliphatic heterocycles. The maximum atomic E-state index is 12.3. The van der Waals surface area contributed by atoms with Crippen molar-refractivity contribution < 1.29 is 18.8 Å². The third-order valence-corrected chi connectivity index (χ3v) is 4.22. The van der Waals surface area contributed by atoms with E-state index >= 15 is 0 Å². The molecule has 1 unspecified atom stereocenters. The zero-order chi connectivity index (χ0) is 20.7. The largest absolute Gasteiger partial charge is 0.493 e. The Hall–Kier alpha value is -2.57. The standard InChI is InChI=1S/C21H31N3O4/c1-13(2)21-23-20(28-24-21)9-7-8-19(25)22-15(5)16-10-11-17(27-14(3)4)18(12-16)26-6/h10-15H,7-9H2,1-6H3,(H,22,25). The Balaban J connectivity index is 1.85. The number of hydrogen-bond acceptors (Lipinski definition) is 6. The predicted octanol–water partition coefficient (Wildman–Crippen LogP) is 4.19. The Kier molecular flexibility index (Phi) is 7.84. The van der Waals surface area contributed by atoms with Crippen LogP contribution in [0.2, 0.25) is 0 Å². The van der Waals surface area contributed by atoms with Crippen LogP contribution in [0.4, 0.5) is 0 Å². The number of methoxy groups -OCH3 is 1. The monoisotopic (exact) mass is 389 g/mol. The molecular formula is C21H31N3O4. The number of amides is 1. The summed E-state index contributed by atoms with van der Waals surface area (Å²) in [7, 11) is 1.61. The third kappa shape index (κ3) is 6.25. The number of carbonyl (C=O) groups excluding carboxylic acids is 1. The minimum Gasteiger partial charge on any atom is -0.493 e. The van der Waals surface area contributed by atoms with Crippen molar-refractivity contribution >= 4 is 5.91 Å². The second-order valence-corrected chi connectivity index (χ2v) is 7.42. The van der Waals surface area contributed by atoms with Crippen LogP contribution < -0.4 is 14.8 Å². The summed E-state index contributed by atoms with van der Waals surface area (Å²) in [6.45, 7) is 9.91. The van der Waals surface area contributed by atoms with E-state index in [1.54, 1.807) is 7.11 Å². The molecule has 7 heteroatoms. The highest BCUT2D eigenvalue weighted by Crippen LogP contribution is 2.31. The van der Waals surface area contributed by atoms with E-state index in [2.05, 4.69) is 15.5 Å². The van der Waals surface area contributed by atoms with Gasteiger partial charge >= 0.3 is 0 Å². The van der Waals surface area contributed by atoms with Crippen LogP contribution in [-0.2, 0) is 11.2 Å². The predicted molar refractivity (Wildman–Crippen MR) is 107 cm³/mol. The molecule has 0 saturated carbocycles. The lowest BCUT2D eigenvalue weighted by molar-refractivity contribution is -0.121. The van der Waals surface area contributed by atoms with Crippen LogP contribution in [0.3, 0.4) is 0 Å². The summed E-state index contributed by atoms with van der Waals surface area (Å²) in [6.07, 6.45) is 1.71. The molecule has 0 aliphatic carbocycles. The molecule has 0 spiro atoms. The van der Waals surface area contributed by atoms with Gasteiger partial charge in [-0.2, -0.15) is 4.98 Å². The molecule has 1 aromatic carbocycles. The van der Waals surface area contributed by atoms with Crippen LogP contribution in [0.25, 0.3) is 0 Å². The van der Waals surface area contributed by atoms with Crippen molar-refractivity contribution in [3.8, 4) is 11.5 Å². The molecule has 7 nitrogen and oxygen atoms in total. The minimum atomic E-state index is -0.134. The van der Waals surface area contributed by atoms with Crippen molar-refractivity contribution in [3.63, 3.8) is 0 Å². The molecule has 2 rings (SSSR count). The van der Waals surface area contributed by atoms with Gasteiger partial charge in [-0.05, 0) is 44.9 Å². The van der Waals surface area contributed by atoms with Gasteiger partial charge in [0.25, 0.3) is 0 Å². The van der Waals surface area contributed by atoms with Crippen molar-refractivity contribution in [2.24, 2.45) is 0 Å². The van der Waals surface area contributed by atoms with E-state index in [0.29, 0.717) is 42.5 Å². The number of nitrogens with one attached hydrogen (secondary N) is 1. The summed E-state index contributed by atoms with van der Waals surface area (Å²) in [5.74, 6) is 2.85. The lowest BCUT2D eigenvalue weighted by Crippen LogP contribution is -2.26. The second kappa shape index (κ2) is 10.1. The first kappa shape index (κ1) is 21.7. The van der Waals surface area contributed by atoms with E-state index in [1.165, 1.54) is 0 Å². The van der Waals surface area contributed by atoms with Crippen LogP contribution >= 0.6 is 0 Å². The van der Waals surface area contributed by atoms with E-state index in [0.717, 1.165) is 5.56 Å². The van der Waals surface area contributed by atoms with Gasteiger partial charge in [0, 0.05) is 18.8 Å². The molecule has 1 aromatic heterocycles. The number of nitrogens with zero attached hydrogens (tertiary/aromatic N) is 2. The molecule has 1 N–H and O–H groups in total. The molecular weight excluding hydrogens is 358 g/mol. The van der Waals surface area contributed by atoms with Gasteiger partial charge in [0.05, 0.1) is 19.3 Å². The summed E-state index contributed by atoms with van der Waals surface area (Å²) in [6, 6.07) is 5.58. The van der Waals surface area contributed by atoms with Crippen LogP contribution in [0.1, 0.15) is 76.7 Å². The number of hydrogen-bond donors (Lipinski definition) is 1. The number of aryl methyl sites for hydroxylation is 1. The molecule has 1 heterocycles. The number of rotatable bonds is 10. The van der Waals surface area contributed by atoms with Crippen LogP contribution in [0.5, 0.6) is 11.5 Å². The highest BCUT2D eigenvalue weighted by Gasteiger charge is 2.15. The third-order valence-electron chi connectivity index (χ3n) is 4.22. The smallest absolute Gasteiger partial charge is 0.226 e. The molecule has 1 amide bonds. The first-order valence-electron chi connectivity index (χ1n) is 9.76. The van der Waals surface area contributed by atoms with Crippen LogP contribution in [0.15, 0.2) is 22.7 Å². The molecule has 1 atom stereocenters. The Morgan fingerprint density at radius 3 is 2.54 bits per heavy atom. The quantitative estimate of drug-likeness (QED) is 0.656.